The maximum absolute atomic E-state index is 12.6. The first-order chi connectivity index (χ1) is 11.7. The van der Waals surface area contributed by atoms with Gasteiger partial charge in [-0.3, -0.25) is 4.90 Å². The number of carbonyl (C=O) groups excluding carboxylic acids is 2. The normalized spacial score (nSPS) is 24.2. The van der Waals surface area contributed by atoms with Gasteiger partial charge >= 0.3 is 12.1 Å². The van der Waals surface area contributed by atoms with Crippen molar-refractivity contribution in [3.63, 3.8) is 0 Å². The smallest absolute Gasteiger partial charge is 0.413 e. The number of esters is 1. The van der Waals surface area contributed by atoms with E-state index in [9.17, 15) is 14.7 Å². The summed E-state index contributed by atoms with van der Waals surface area (Å²) in [6.45, 7) is 5.40. The zero-order valence-corrected chi connectivity index (χ0v) is 14.9. The average Bonchev–Trinajstić information content (AvgIpc) is 3.25. The Kier molecular flexibility index (Phi) is 4.49. The summed E-state index contributed by atoms with van der Waals surface area (Å²) < 4.78 is 10.8. The van der Waals surface area contributed by atoms with Gasteiger partial charge in [-0.05, 0) is 45.6 Å². The van der Waals surface area contributed by atoms with E-state index in [1.165, 1.54) is 0 Å². The highest BCUT2D eigenvalue weighted by molar-refractivity contribution is 5.83. The summed E-state index contributed by atoms with van der Waals surface area (Å²) in [6.07, 6.45) is 0.342. The molecule has 1 aromatic rings. The molecule has 3 rings (SSSR count). The standard InChI is InChI=1S/C19H25NO5/c1-18(2,3)25-17(23)20-14(11-19(9-10-19)16(20)22)15(21)24-12-13-7-5-4-6-8-13/h4-8,14,16,22H,9-12H2,1-3H3/t14-,16?/m0/s1. The van der Waals surface area contributed by atoms with Crippen LogP contribution in [0.3, 0.4) is 0 Å². The van der Waals surface area contributed by atoms with Crippen LogP contribution in [0.15, 0.2) is 30.3 Å². The molecule has 2 aliphatic rings. The van der Waals surface area contributed by atoms with Crippen molar-refractivity contribution in [1.82, 2.24) is 4.90 Å². The lowest BCUT2D eigenvalue weighted by molar-refractivity contribution is -0.152. The van der Waals surface area contributed by atoms with Gasteiger partial charge in [0.05, 0.1) is 0 Å². The molecule has 0 bridgehead atoms. The summed E-state index contributed by atoms with van der Waals surface area (Å²) in [7, 11) is 0. The van der Waals surface area contributed by atoms with Crippen LogP contribution in [0, 0.1) is 5.41 Å². The van der Waals surface area contributed by atoms with Crippen LogP contribution < -0.4 is 0 Å². The number of aliphatic hydroxyl groups excluding tert-OH is 1. The number of aliphatic hydroxyl groups is 1. The van der Waals surface area contributed by atoms with Gasteiger partial charge in [0.25, 0.3) is 0 Å². The lowest BCUT2D eigenvalue weighted by Crippen LogP contribution is -2.48. The molecule has 6 heteroatoms. The van der Waals surface area contributed by atoms with E-state index in [1.54, 1.807) is 20.8 Å². The van der Waals surface area contributed by atoms with Gasteiger partial charge in [0.15, 0.2) is 0 Å². The number of hydrogen-bond acceptors (Lipinski definition) is 5. The first kappa shape index (κ1) is 17.7. The third kappa shape index (κ3) is 3.79. The van der Waals surface area contributed by atoms with Crippen molar-refractivity contribution in [3.05, 3.63) is 35.9 Å². The van der Waals surface area contributed by atoms with Gasteiger partial charge in [-0.1, -0.05) is 30.3 Å². The zero-order chi connectivity index (χ0) is 18.2. The molecule has 1 N–H and O–H groups in total. The number of nitrogens with zero attached hydrogens (tertiary/aromatic N) is 1. The Morgan fingerprint density at radius 3 is 2.44 bits per heavy atom. The SMILES string of the molecule is CC(C)(C)OC(=O)N1C(O)C2(CC2)C[C@H]1C(=O)OCc1ccccc1. The molecule has 136 valence electrons. The fourth-order valence-electron chi connectivity index (χ4n) is 3.24. The third-order valence-corrected chi connectivity index (χ3v) is 4.74. The molecule has 1 spiro atoms. The molecule has 1 unspecified atom stereocenters. The predicted molar refractivity (Wildman–Crippen MR) is 90.4 cm³/mol. The summed E-state index contributed by atoms with van der Waals surface area (Å²) >= 11 is 0. The van der Waals surface area contributed by atoms with Crippen molar-refractivity contribution in [1.29, 1.82) is 0 Å². The molecule has 1 aliphatic heterocycles. The summed E-state index contributed by atoms with van der Waals surface area (Å²) in [5.74, 6) is -0.502. The minimum absolute atomic E-state index is 0.140. The highest BCUT2D eigenvalue weighted by atomic mass is 16.6. The van der Waals surface area contributed by atoms with Gasteiger partial charge in [-0.2, -0.15) is 0 Å². The maximum Gasteiger partial charge on any atom is 0.413 e. The van der Waals surface area contributed by atoms with Crippen LogP contribution in [-0.4, -0.2) is 39.9 Å². The van der Waals surface area contributed by atoms with Crippen LogP contribution in [0.5, 0.6) is 0 Å². The van der Waals surface area contributed by atoms with E-state index in [4.69, 9.17) is 9.47 Å². The minimum atomic E-state index is -1.00. The molecule has 25 heavy (non-hydrogen) atoms. The number of ether oxygens (including phenoxy) is 2. The molecule has 1 aromatic carbocycles. The number of likely N-dealkylation sites (tertiary alicyclic amines) is 1. The predicted octanol–water partition coefficient (Wildman–Crippen LogP) is 2.84. The number of benzene rings is 1. The topological polar surface area (TPSA) is 76.1 Å². The number of rotatable bonds is 3. The molecule has 2 fully saturated rings. The molecule has 0 aromatic heterocycles. The van der Waals surface area contributed by atoms with Crippen molar-refractivity contribution in [2.45, 2.75) is 64.5 Å². The van der Waals surface area contributed by atoms with Crippen LogP contribution in [0.2, 0.25) is 0 Å². The summed E-state index contributed by atoms with van der Waals surface area (Å²) in [6, 6.07) is 8.55. The second kappa shape index (κ2) is 6.33. The Balaban J connectivity index is 1.71. The molecule has 1 amide bonds. The highest BCUT2D eigenvalue weighted by Crippen LogP contribution is 2.58. The minimum Gasteiger partial charge on any atom is -0.459 e. The van der Waals surface area contributed by atoms with Crippen molar-refractivity contribution in [2.75, 3.05) is 0 Å². The van der Waals surface area contributed by atoms with Gasteiger partial charge < -0.3 is 14.6 Å². The summed E-state index contributed by atoms with van der Waals surface area (Å²) in [4.78, 5) is 26.2. The Morgan fingerprint density at radius 2 is 1.88 bits per heavy atom. The Labute approximate surface area is 147 Å². The first-order valence-electron chi connectivity index (χ1n) is 8.62. The Morgan fingerprint density at radius 1 is 1.24 bits per heavy atom. The van der Waals surface area contributed by atoms with Crippen molar-refractivity contribution in [2.24, 2.45) is 5.41 Å². The largest absolute Gasteiger partial charge is 0.459 e. The Bertz CT molecular complexity index is 648. The van der Waals surface area contributed by atoms with Crippen LogP contribution in [-0.2, 0) is 20.9 Å². The quantitative estimate of drug-likeness (QED) is 0.851. The fourth-order valence-corrected chi connectivity index (χ4v) is 3.24. The molecular weight excluding hydrogens is 322 g/mol. The van der Waals surface area contributed by atoms with Gasteiger partial charge in [0.2, 0.25) is 0 Å². The van der Waals surface area contributed by atoms with E-state index in [0.717, 1.165) is 23.3 Å². The van der Waals surface area contributed by atoms with Crippen molar-refractivity contribution < 1.29 is 24.2 Å². The first-order valence-corrected chi connectivity index (χ1v) is 8.62. The molecule has 0 radical (unpaired) electrons. The number of carbonyl (C=O) groups is 2. The molecule has 1 saturated carbocycles. The zero-order valence-electron chi connectivity index (χ0n) is 14.9. The lowest BCUT2D eigenvalue weighted by Gasteiger charge is -2.30. The van der Waals surface area contributed by atoms with E-state index in [2.05, 4.69) is 0 Å². The van der Waals surface area contributed by atoms with Crippen LogP contribution in [0.4, 0.5) is 4.79 Å². The van der Waals surface area contributed by atoms with E-state index in [1.807, 2.05) is 30.3 Å². The van der Waals surface area contributed by atoms with E-state index in [0.29, 0.717) is 6.42 Å². The third-order valence-electron chi connectivity index (χ3n) is 4.74. The Hall–Kier alpha value is -2.08. The average molecular weight is 347 g/mol. The van der Waals surface area contributed by atoms with Crippen LogP contribution >= 0.6 is 0 Å². The summed E-state index contributed by atoms with van der Waals surface area (Å²) in [5, 5.41) is 10.6. The van der Waals surface area contributed by atoms with E-state index in [-0.39, 0.29) is 12.0 Å². The van der Waals surface area contributed by atoms with Gasteiger partial charge in [-0.15, -0.1) is 0 Å². The van der Waals surface area contributed by atoms with Crippen LogP contribution in [0.1, 0.15) is 45.6 Å². The van der Waals surface area contributed by atoms with E-state index < -0.39 is 29.9 Å². The molecule has 6 nitrogen and oxygen atoms in total. The second-order valence-electron chi connectivity index (χ2n) is 7.94. The fraction of sp³-hybridized carbons (Fsp3) is 0.579. The molecule has 1 aliphatic carbocycles. The molecule has 1 saturated heterocycles. The van der Waals surface area contributed by atoms with E-state index >= 15 is 0 Å². The highest BCUT2D eigenvalue weighted by Gasteiger charge is 2.63. The monoisotopic (exact) mass is 347 g/mol. The summed E-state index contributed by atoms with van der Waals surface area (Å²) in [5.41, 5.74) is -0.207. The molecule has 2 atom stereocenters. The van der Waals surface area contributed by atoms with Crippen LogP contribution in [0.25, 0.3) is 0 Å². The van der Waals surface area contributed by atoms with Gasteiger partial charge in [0, 0.05) is 5.41 Å². The van der Waals surface area contributed by atoms with Crippen molar-refractivity contribution >= 4 is 12.1 Å². The molecule has 1 heterocycles. The number of hydrogen-bond donors (Lipinski definition) is 1. The number of amides is 1. The van der Waals surface area contributed by atoms with Gasteiger partial charge in [0.1, 0.15) is 24.5 Å². The maximum atomic E-state index is 12.6. The molecular formula is C19H25NO5. The second-order valence-corrected chi connectivity index (χ2v) is 7.94. The lowest BCUT2D eigenvalue weighted by atomic mass is 10.0. The van der Waals surface area contributed by atoms with Gasteiger partial charge in [-0.25, -0.2) is 9.59 Å². The van der Waals surface area contributed by atoms with Crippen molar-refractivity contribution in [3.8, 4) is 0 Å².